The van der Waals surface area contributed by atoms with Crippen LogP contribution in [0.2, 0.25) is 0 Å². The standard InChI is InChI=1S/C17H23NO/c1-12-11-17-8-9-18(3)15(16(17,2)19-12)10-13-6-4-5-7-14(13)17/h4-7,12,15H,8-11H2,1-3H3/t12?,15-,16-,17-/m1/s1. The highest BCUT2D eigenvalue weighted by Gasteiger charge is 2.65. The first kappa shape index (κ1) is 11.9. The summed E-state index contributed by atoms with van der Waals surface area (Å²) < 4.78 is 6.50. The van der Waals surface area contributed by atoms with Crippen LogP contribution in [0.3, 0.4) is 0 Å². The molecule has 0 aromatic heterocycles. The minimum atomic E-state index is -0.00618. The number of rotatable bonds is 0. The molecule has 2 bridgehead atoms. The molecule has 0 radical (unpaired) electrons. The molecular weight excluding hydrogens is 234 g/mol. The van der Waals surface area contributed by atoms with Gasteiger partial charge in [0.25, 0.3) is 0 Å². The maximum absolute atomic E-state index is 6.50. The maximum Gasteiger partial charge on any atom is 0.0913 e. The Kier molecular flexibility index (Phi) is 2.27. The Morgan fingerprint density at radius 1 is 1.32 bits per heavy atom. The second kappa shape index (κ2) is 3.62. The van der Waals surface area contributed by atoms with Crippen LogP contribution in [-0.2, 0) is 16.6 Å². The fourth-order valence-corrected chi connectivity index (χ4v) is 5.19. The number of hydrogen-bond donors (Lipinski definition) is 0. The van der Waals surface area contributed by atoms with Gasteiger partial charge in [-0.2, -0.15) is 0 Å². The van der Waals surface area contributed by atoms with Crippen molar-refractivity contribution in [1.29, 1.82) is 0 Å². The molecule has 102 valence electrons. The minimum Gasteiger partial charge on any atom is -0.370 e. The molecule has 4 rings (SSSR count). The normalized spacial score (nSPS) is 44.8. The smallest absolute Gasteiger partial charge is 0.0913 e. The highest BCUT2D eigenvalue weighted by atomic mass is 16.5. The van der Waals surface area contributed by atoms with E-state index in [0.29, 0.717) is 12.1 Å². The van der Waals surface area contributed by atoms with E-state index in [1.165, 1.54) is 19.4 Å². The van der Waals surface area contributed by atoms with E-state index in [-0.39, 0.29) is 11.0 Å². The Balaban J connectivity index is 1.97. The second-order valence-corrected chi connectivity index (χ2v) is 6.93. The number of likely N-dealkylation sites (N-methyl/N-ethyl adjacent to an activating group) is 1. The molecular formula is C17H23NO. The molecule has 1 unspecified atom stereocenters. The lowest BCUT2D eigenvalue weighted by Gasteiger charge is -2.58. The van der Waals surface area contributed by atoms with Crippen molar-refractivity contribution in [3.8, 4) is 0 Å². The molecule has 19 heavy (non-hydrogen) atoms. The average molecular weight is 257 g/mol. The summed E-state index contributed by atoms with van der Waals surface area (Å²) in [5, 5.41) is 0. The zero-order valence-corrected chi connectivity index (χ0v) is 12.1. The third kappa shape index (κ3) is 1.29. The van der Waals surface area contributed by atoms with E-state index in [0.717, 1.165) is 6.42 Å². The van der Waals surface area contributed by atoms with Gasteiger partial charge in [-0.15, -0.1) is 0 Å². The van der Waals surface area contributed by atoms with E-state index in [1.807, 2.05) is 0 Å². The molecule has 2 aliphatic heterocycles. The first-order valence-corrected chi connectivity index (χ1v) is 7.53. The molecule has 1 aromatic carbocycles. The van der Waals surface area contributed by atoms with Crippen LogP contribution in [0.1, 0.15) is 37.8 Å². The molecule has 2 nitrogen and oxygen atoms in total. The van der Waals surface area contributed by atoms with E-state index in [1.54, 1.807) is 11.1 Å². The molecule has 2 heterocycles. The molecule has 4 atom stereocenters. The number of likely N-dealkylation sites (tertiary alicyclic amines) is 1. The van der Waals surface area contributed by atoms with Crippen molar-refractivity contribution < 1.29 is 4.74 Å². The molecule has 0 saturated carbocycles. The Morgan fingerprint density at radius 3 is 2.95 bits per heavy atom. The van der Waals surface area contributed by atoms with Crippen molar-refractivity contribution in [1.82, 2.24) is 4.90 Å². The molecule has 2 saturated heterocycles. The SMILES string of the molecule is CC1C[C@]23CCN(C)[C@H](Cc4ccccc42)[C@@]3(C)O1. The van der Waals surface area contributed by atoms with Crippen LogP contribution in [-0.4, -0.2) is 36.2 Å². The van der Waals surface area contributed by atoms with Crippen LogP contribution in [0.25, 0.3) is 0 Å². The third-order valence-corrected chi connectivity index (χ3v) is 6.04. The van der Waals surface area contributed by atoms with Crippen LogP contribution in [0.5, 0.6) is 0 Å². The monoisotopic (exact) mass is 257 g/mol. The molecule has 2 heteroatoms. The van der Waals surface area contributed by atoms with Crippen molar-refractivity contribution in [2.24, 2.45) is 0 Å². The summed E-state index contributed by atoms with van der Waals surface area (Å²) in [5.74, 6) is 0. The molecule has 0 amide bonds. The Bertz CT molecular complexity index is 528. The van der Waals surface area contributed by atoms with Gasteiger partial charge in [0.15, 0.2) is 0 Å². The second-order valence-electron chi connectivity index (χ2n) is 6.93. The van der Waals surface area contributed by atoms with Gasteiger partial charge in [0.2, 0.25) is 0 Å². The number of ether oxygens (including phenoxy) is 1. The summed E-state index contributed by atoms with van der Waals surface area (Å²) in [6, 6.07) is 9.60. The maximum atomic E-state index is 6.50. The predicted molar refractivity (Wildman–Crippen MR) is 76.4 cm³/mol. The lowest BCUT2D eigenvalue weighted by molar-refractivity contribution is -0.129. The van der Waals surface area contributed by atoms with Gasteiger partial charge in [-0.25, -0.2) is 0 Å². The fourth-order valence-electron chi connectivity index (χ4n) is 5.19. The van der Waals surface area contributed by atoms with E-state index in [4.69, 9.17) is 4.74 Å². The lowest BCUT2D eigenvalue weighted by atomic mass is 9.55. The molecule has 1 aromatic rings. The largest absolute Gasteiger partial charge is 0.370 e. The van der Waals surface area contributed by atoms with Crippen molar-refractivity contribution in [2.45, 2.75) is 56.3 Å². The summed E-state index contributed by atoms with van der Waals surface area (Å²) in [7, 11) is 2.26. The van der Waals surface area contributed by atoms with Crippen molar-refractivity contribution in [3.63, 3.8) is 0 Å². The molecule has 0 spiro atoms. The Hall–Kier alpha value is -0.860. The topological polar surface area (TPSA) is 12.5 Å². The van der Waals surface area contributed by atoms with Gasteiger partial charge >= 0.3 is 0 Å². The van der Waals surface area contributed by atoms with Gasteiger partial charge in [0.1, 0.15) is 0 Å². The summed E-state index contributed by atoms with van der Waals surface area (Å²) in [6.07, 6.45) is 3.94. The van der Waals surface area contributed by atoms with Gasteiger partial charge in [-0.3, -0.25) is 0 Å². The molecule has 2 fully saturated rings. The number of nitrogens with zero attached hydrogens (tertiary/aromatic N) is 1. The van der Waals surface area contributed by atoms with E-state index in [2.05, 4.69) is 50.1 Å². The molecule has 3 aliphatic rings. The Labute approximate surface area is 115 Å². The van der Waals surface area contributed by atoms with E-state index >= 15 is 0 Å². The van der Waals surface area contributed by atoms with E-state index in [9.17, 15) is 0 Å². The molecule has 1 aliphatic carbocycles. The number of fused-ring (bicyclic) bond motifs is 1. The van der Waals surface area contributed by atoms with Crippen LogP contribution >= 0.6 is 0 Å². The van der Waals surface area contributed by atoms with Gasteiger partial charge < -0.3 is 9.64 Å². The highest BCUT2D eigenvalue weighted by Crippen LogP contribution is 2.59. The van der Waals surface area contributed by atoms with Gasteiger partial charge in [0, 0.05) is 11.5 Å². The van der Waals surface area contributed by atoms with Crippen LogP contribution < -0.4 is 0 Å². The van der Waals surface area contributed by atoms with Crippen molar-refractivity contribution in [3.05, 3.63) is 35.4 Å². The summed E-state index contributed by atoms with van der Waals surface area (Å²) in [6.45, 7) is 5.81. The minimum absolute atomic E-state index is 0.00618. The van der Waals surface area contributed by atoms with Crippen molar-refractivity contribution >= 4 is 0 Å². The number of piperidine rings is 1. The van der Waals surface area contributed by atoms with Crippen molar-refractivity contribution in [2.75, 3.05) is 13.6 Å². The van der Waals surface area contributed by atoms with Gasteiger partial charge in [0.05, 0.1) is 11.7 Å². The van der Waals surface area contributed by atoms with Crippen LogP contribution in [0.15, 0.2) is 24.3 Å². The summed E-state index contributed by atoms with van der Waals surface area (Å²) >= 11 is 0. The Morgan fingerprint density at radius 2 is 2.11 bits per heavy atom. The lowest BCUT2D eigenvalue weighted by Crippen LogP contribution is -2.67. The third-order valence-electron chi connectivity index (χ3n) is 6.04. The fraction of sp³-hybridized carbons (Fsp3) is 0.647. The number of hydrogen-bond acceptors (Lipinski definition) is 2. The number of benzene rings is 1. The van der Waals surface area contributed by atoms with Crippen LogP contribution in [0, 0.1) is 0 Å². The zero-order valence-electron chi connectivity index (χ0n) is 12.1. The first-order valence-electron chi connectivity index (χ1n) is 7.53. The molecule has 0 N–H and O–H groups in total. The highest BCUT2D eigenvalue weighted by molar-refractivity contribution is 5.45. The average Bonchev–Trinajstić information content (AvgIpc) is 2.66. The van der Waals surface area contributed by atoms with E-state index < -0.39 is 0 Å². The summed E-state index contributed by atoms with van der Waals surface area (Å²) in [4.78, 5) is 2.52. The predicted octanol–water partition coefficient (Wildman–Crippen LogP) is 2.75. The zero-order chi connectivity index (χ0) is 13.3. The first-order chi connectivity index (χ1) is 9.07. The quantitative estimate of drug-likeness (QED) is 0.708. The van der Waals surface area contributed by atoms with Gasteiger partial charge in [-0.05, 0) is 57.8 Å². The van der Waals surface area contributed by atoms with Gasteiger partial charge in [-0.1, -0.05) is 24.3 Å². The van der Waals surface area contributed by atoms with Crippen LogP contribution in [0.4, 0.5) is 0 Å². The summed E-state index contributed by atoms with van der Waals surface area (Å²) in [5.41, 5.74) is 3.37.